The van der Waals surface area contributed by atoms with Crippen molar-refractivity contribution in [2.24, 2.45) is 0 Å². The van der Waals surface area contributed by atoms with Crippen LogP contribution in [0, 0.1) is 0 Å². The molecule has 0 spiro atoms. The Morgan fingerprint density at radius 1 is 1.45 bits per heavy atom. The van der Waals surface area contributed by atoms with Crippen LogP contribution in [0.4, 0.5) is 9.59 Å². The molecule has 0 aromatic carbocycles. The largest absolute Gasteiger partial charge is 0.361 e. The van der Waals surface area contributed by atoms with Gasteiger partial charge in [0.1, 0.15) is 0 Å². The molecule has 1 rings (SSSR count). The average molecular weight is 200 g/mol. The maximum absolute atomic E-state index is 10.7. The summed E-state index contributed by atoms with van der Waals surface area (Å²) < 4.78 is 0.578. The van der Waals surface area contributed by atoms with Crippen molar-refractivity contribution in [3.63, 3.8) is 0 Å². The summed E-state index contributed by atoms with van der Waals surface area (Å²) in [6, 6.07) is -1.91. The van der Waals surface area contributed by atoms with E-state index in [0.29, 0.717) is 4.42 Å². The SMILES string of the molecule is O=C1NC(O)N(Cl)C(=O)N1Cl. The number of nitrogens with one attached hydrogen (secondary N) is 1. The van der Waals surface area contributed by atoms with Crippen molar-refractivity contribution in [3.05, 3.63) is 0 Å². The summed E-state index contributed by atoms with van der Waals surface area (Å²) in [6.07, 6.45) is -1.54. The van der Waals surface area contributed by atoms with Gasteiger partial charge in [0.15, 0.2) is 0 Å². The van der Waals surface area contributed by atoms with Crippen LogP contribution in [0.5, 0.6) is 0 Å². The normalized spacial score (nSPS) is 25.5. The van der Waals surface area contributed by atoms with Crippen molar-refractivity contribution in [1.82, 2.24) is 14.2 Å². The molecule has 62 valence electrons. The lowest BCUT2D eigenvalue weighted by molar-refractivity contribution is 0.0404. The van der Waals surface area contributed by atoms with E-state index >= 15 is 0 Å². The fourth-order valence-electron chi connectivity index (χ4n) is 0.499. The first-order valence-corrected chi connectivity index (χ1v) is 3.15. The van der Waals surface area contributed by atoms with Gasteiger partial charge in [-0.2, -0.15) is 8.84 Å². The highest BCUT2D eigenvalue weighted by Crippen LogP contribution is 2.12. The molecule has 11 heavy (non-hydrogen) atoms. The van der Waals surface area contributed by atoms with Gasteiger partial charge in [-0.15, -0.1) is 0 Å². The molecule has 0 bridgehead atoms. The van der Waals surface area contributed by atoms with Gasteiger partial charge in [-0.1, -0.05) is 0 Å². The molecule has 4 amide bonds. The molecule has 6 nitrogen and oxygen atoms in total. The second kappa shape index (κ2) is 2.72. The van der Waals surface area contributed by atoms with Gasteiger partial charge < -0.3 is 5.11 Å². The zero-order chi connectivity index (χ0) is 8.59. The lowest BCUT2D eigenvalue weighted by Gasteiger charge is -2.29. The van der Waals surface area contributed by atoms with Crippen molar-refractivity contribution in [2.75, 3.05) is 0 Å². The summed E-state index contributed by atoms with van der Waals surface area (Å²) in [5.74, 6) is 0. The summed E-state index contributed by atoms with van der Waals surface area (Å²) in [4.78, 5) is 21.3. The number of rotatable bonds is 0. The van der Waals surface area contributed by atoms with Crippen molar-refractivity contribution >= 4 is 35.6 Å². The van der Waals surface area contributed by atoms with Gasteiger partial charge in [0.05, 0.1) is 0 Å². The Morgan fingerprint density at radius 2 is 2.00 bits per heavy atom. The quantitative estimate of drug-likeness (QED) is 0.541. The monoisotopic (exact) mass is 199 g/mol. The zero-order valence-electron chi connectivity index (χ0n) is 4.99. The second-order valence-corrected chi connectivity index (χ2v) is 2.40. The van der Waals surface area contributed by atoms with Gasteiger partial charge in [-0.25, -0.2) is 9.59 Å². The third-order valence-corrected chi connectivity index (χ3v) is 1.62. The maximum Gasteiger partial charge on any atom is 0.361 e. The molecule has 1 heterocycles. The predicted molar refractivity (Wildman–Crippen MR) is 35.3 cm³/mol. The molecule has 0 aromatic rings. The number of amides is 4. The molecule has 1 atom stereocenters. The zero-order valence-corrected chi connectivity index (χ0v) is 6.50. The summed E-state index contributed by atoms with van der Waals surface area (Å²) in [6.45, 7) is 0. The van der Waals surface area contributed by atoms with Crippen LogP contribution < -0.4 is 5.32 Å². The number of imide groups is 1. The van der Waals surface area contributed by atoms with E-state index in [4.69, 9.17) is 28.7 Å². The van der Waals surface area contributed by atoms with E-state index in [-0.39, 0.29) is 4.42 Å². The first-order chi connectivity index (χ1) is 5.04. The molecule has 1 aliphatic rings. The first kappa shape index (κ1) is 8.38. The summed E-state index contributed by atoms with van der Waals surface area (Å²) in [5.41, 5.74) is 0. The summed E-state index contributed by atoms with van der Waals surface area (Å²) in [7, 11) is 0. The van der Waals surface area contributed by atoms with Gasteiger partial charge in [0.2, 0.25) is 6.35 Å². The van der Waals surface area contributed by atoms with Crippen LogP contribution >= 0.6 is 23.6 Å². The minimum atomic E-state index is -1.54. The molecule has 0 aliphatic carbocycles. The van der Waals surface area contributed by atoms with Crippen LogP contribution in [0.25, 0.3) is 0 Å². The van der Waals surface area contributed by atoms with Crippen LogP contribution in [0.2, 0.25) is 0 Å². The number of nitrogens with zero attached hydrogens (tertiary/aromatic N) is 2. The van der Waals surface area contributed by atoms with Crippen molar-refractivity contribution in [1.29, 1.82) is 0 Å². The highest BCUT2D eigenvalue weighted by molar-refractivity contribution is 6.34. The van der Waals surface area contributed by atoms with E-state index in [1.165, 1.54) is 0 Å². The fourth-order valence-corrected chi connectivity index (χ4v) is 0.792. The van der Waals surface area contributed by atoms with E-state index in [1.807, 2.05) is 5.32 Å². The van der Waals surface area contributed by atoms with Crippen LogP contribution in [0.1, 0.15) is 0 Å². The van der Waals surface area contributed by atoms with Gasteiger partial charge in [-0.3, -0.25) is 5.32 Å². The summed E-state index contributed by atoms with van der Waals surface area (Å²) >= 11 is 10.3. The number of hydrogen-bond donors (Lipinski definition) is 2. The Hall–Kier alpha value is -0.720. The van der Waals surface area contributed by atoms with Crippen LogP contribution in [0.15, 0.2) is 0 Å². The number of aliphatic hydroxyl groups excluding tert-OH is 1. The highest BCUT2D eigenvalue weighted by atomic mass is 35.5. The number of carbonyl (C=O) groups is 2. The van der Waals surface area contributed by atoms with E-state index in [2.05, 4.69) is 0 Å². The molecule has 0 radical (unpaired) electrons. The second-order valence-electron chi connectivity index (χ2n) is 1.70. The lowest BCUT2D eigenvalue weighted by Crippen LogP contribution is -2.58. The topological polar surface area (TPSA) is 72.9 Å². The molecule has 1 fully saturated rings. The summed E-state index contributed by atoms with van der Waals surface area (Å²) in [5, 5.41) is 10.7. The van der Waals surface area contributed by atoms with Crippen LogP contribution in [-0.4, -0.2) is 32.4 Å². The first-order valence-electron chi connectivity index (χ1n) is 2.47. The van der Waals surface area contributed by atoms with Crippen molar-refractivity contribution in [2.45, 2.75) is 6.35 Å². The average Bonchev–Trinajstić information content (AvgIpc) is 1.97. The number of hydrogen-bond acceptors (Lipinski definition) is 3. The van der Waals surface area contributed by atoms with Gasteiger partial charge >= 0.3 is 12.1 Å². The van der Waals surface area contributed by atoms with E-state index < -0.39 is 18.4 Å². The standard InChI is InChI=1S/C3H3Cl2N3O3/c4-7-1(9)6-2(10)8(5)3(7)11/h1,9H,(H,6,10). The van der Waals surface area contributed by atoms with Crippen molar-refractivity contribution in [3.8, 4) is 0 Å². The van der Waals surface area contributed by atoms with Crippen LogP contribution in [-0.2, 0) is 0 Å². The van der Waals surface area contributed by atoms with Crippen LogP contribution in [0.3, 0.4) is 0 Å². The van der Waals surface area contributed by atoms with E-state index in [1.54, 1.807) is 0 Å². The van der Waals surface area contributed by atoms with Gasteiger partial charge in [0, 0.05) is 23.6 Å². The molecule has 0 saturated carbocycles. The minimum Gasteiger partial charge on any atom is -0.355 e. The molecule has 0 aromatic heterocycles. The Morgan fingerprint density at radius 3 is 2.55 bits per heavy atom. The number of urea groups is 2. The molecule has 2 N–H and O–H groups in total. The Balaban J connectivity index is 2.79. The number of aliphatic hydroxyl groups is 1. The predicted octanol–water partition coefficient (Wildman–Crippen LogP) is 0.0171. The molecule has 8 heteroatoms. The Labute approximate surface area is 71.5 Å². The maximum atomic E-state index is 10.7. The highest BCUT2D eigenvalue weighted by Gasteiger charge is 2.36. The van der Waals surface area contributed by atoms with E-state index in [0.717, 1.165) is 0 Å². The van der Waals surface area contributed by atoms with E-state index in [9.17, 15) is 9.59 Å². The Kier molecular flexibility index (Phi) is 2.08. The third-order valence-electron chi connectivity index (χ3n) is 0.996. The Bertz CT molecular complexity index is 210. The molecular formula is C3H3Cl2N3O3. The number of halogens is 2. The lowest BCUT2D eigenvalue weighted by atomic mass is 10.7. The van der Waals surface area contributed by atoms with Gasteiger partial charge in [-0.05, 0) is 0 Å². The molecule has 1 saturated heterocycles. The van der Waals surface area contributed by atoms with Crippen molar-refractivity contribution < 1.29 is 14.7 Å². The minimum absolute atomic E-state index is 0.222. The molecular weight excluding hydrogens is 197 g/mol. The smallest absolute Gasteiger partial charge is 0.355 e. The van der Waals surface area contributed by atoms with Gasteiger partial charge in [0.25, 0.3) is 0 Å². The fraction of sp³-hybridized carbons (Fsp3) is 0.333. The third kappa shape index (κ3) is 1.32. The molecule has 1 unspecified atom stereocenters. The number of carbonyl (C=O) groups excluding carboxylic acids is 2. The molecule has 1 aliphatic heterocycles.